The SMILES string of the molecule is CC(=O)C(C)N1CCN(C)CC1. The molecule has 3 heteroatoms. The van der Waals surface area contributed by atoms with Gasteiger partial charge in [-0.25, -0.2) is 0 Å². The molecule has 0 aromatic heterocycles. The number of hydrogen-bond donors (Lipinski definition) is 0. The molecule has 1 unspecified atom stereocenters. The van der Waals surface area contributed by atoms with Gasteiger partial charge in [0.15, 0.2) is 0 Å². The predicted molar refractivity (Wildman–Crippen MR) is 49.2 cm³/mol. The minimum atomic E-state index is 0.110. The minimum absolute atomic E-state index is 0.110. The Labute approximate surface area is 74.3 Å². The van der Waals surface area contributed by atoms with E-state index in [0.717, 1.165) is 26.2 Å². The first-order valence-electron chi connectivity index (χ1n) is 4.54. The highest BCUT2D eigenvalue weighted by Gasteiger charge is 2.21. The summed E-state index contributed by atoms with van der Waals surface area (Å²) in [5.41, 5.74) is 0. The zero-order chi connectivity index (χ0) is 9.14. The Morgan fingerprint density at radius 3 is 2.17 bits per heavy atom. The number of carbonyl (C=O) groups is 1. The Balaban J connectivity index is 2.39. The monoisotopic (exact) mass is 170 g/mol. The van der Waals surface area contributed by atoms with Crippen molar-refractivity contribution in [3.05, 3.63) is 0 Å². The van der Waals surface area contributed by atoms with Gasteiger partial charge in [-0.1, -0.05) is 0 Å². The van der Waals surface area contributed by atoms with Gasteiger partial charge in [-0.15, -0.1) is 0 Å². The maximum Gasteiger partial charge on any atom is 0.146 e. The summed E-state index contributed by atoms with van der Waals surface area (Å²) in [6.07, 6.45) is 0. The molecule has 0 spiro atoms. The van der Waals surface area contributed by atoms with Crippen LogP contribution in [0.25, 0.3) is 0 Å². The molecular weight excluding hydrogens is 152 g/mol. The molecule has 0 bridgehead atoms. The normalized spacial score (nSPS) is 23.9. The van der Waals surface area contributed by atoms with Crippen LogP contribution in [-0.2, 0) is 4.79 Å². The molecular formula is C9H18N2O. The first kappa shape index (κ1) is 9.68. The van der Waals surface area contributed by atoms with E-state index in [0.29, 0.717) is 0 Å². The first-order chi connectivity index (χ1) is 5.61. The lowest BCUT2D eigenvalue weighted by Gasteiger charge is -2.35. The fraction of sp³-hybridized carbons (Fsp3) is 0.889. The highest BCUT2D eigenvalue weighted by molar-refractivity contribution is 5.80. The van der Waals surface area contributed by atoms with Crippen molar-refractivity contribution in [2.75, 3.05) is 33.2 Å². The van der Waals surface area contributed by atoms with Gasteiger partial charge in [-0.2, -0.15) is 0 Å². The van der Waals surface area contributed by atoms with Crippen molar-refractivity contribution < 1.29 is 4.79 Å². The Bertz CT molecular complexity index is 162. The van der Waals surface area contributed by atoms with Gasteiger partial charge in [0.2, 0.25) is 0 Å². The number of rotatable bonds is 2. The number of hydrogen-bond acceptors (Lipinski definition) is 3. The molecule has 1 aliphatic heterocycles. The molecule has 70 valence electrons. The van der Waals surface area contributed by atoms with Crippen LogP contribution >= 0.6 is 0 Å². The third-order valence-corrected chi connectivity index (χ3v) is 2.67. The molecule has 0 radical (unpaired) electrons. The van der Waals surface area contributed by atoms with Crippen LogP contribution in [0.15, 0.2) is 0 Å². The summed E-state index contributed by atoms with van der Waals surface area (Å²) >= 11 is 0. The lowest BCUT2D eigenvalue weighted by atomic mass is 10.2. The average Bonchev–Trinajstić information content (AvgIpc) is 2.04. The summed E-state index contributed by atoms with van der Waals surface area (Å²) in [7, 11) is 2.12. The number of piperazine rings is 1. The molecule has 1 saturated heterocycles. The van der Waals surface area contributed by atoms with Crippen molar-refractivity contribution in [2.24, 2.45) is 0 Å². The molecule has 12 heavy (non-hydrogen) atoms. The van der Waals surface area contributed by atoms with Crippen LogP contribution in [0, 0.1) is 0 Å². The fourth-order valence-electron chi connectivity index (χ4n) is 1.47. The van der Waals surface area contributed by atoms with Crippen molar-refractivity contribution in [3.63, 3.8) is 0 Å². The molecule has 0 aliphatic carbocycles. The van der Waals surface area contributed by atoms with E-state index < -0.39 is 0 Å². The highest BCUT2D eigenvalue weighted by Crippen LogP contribution is 2.04. The fourth-order valence-corrected chi connectivity index (χ4v) is 1.47. The van der Waals surface area contributed by atoms with Crippen LogP contribution in [0.2, 0.25) is 0 Å². The Morgan fingerprint density at radius 1 is 1.25 bits per heavy atom. The summed E-state index contributed by atoms with van der Waals surface area (Å²) in [6.45, 7) is 7.88. The van der Waals surface area contributed by atoms with Gasteiger partial charge in [-0.05, 0) is 20.9 Å². The third-order valence-electron chi connectivity index (χ3n) is 2.67. The molecule has 1 rings (SSSR count). The molecule has 0 aromatic carbocycles. The van der Waals surface area contributed by atoms with E-state index in [4.69, 9.17) is 0 Å². The number of Topliss-reactive ketones (excluding diaryl/α,β-unsaturated/α-hetero) is 1. The molecule has 0 aromatic rings. The summed E-state index contributed by atoms with van der Waals surface area (Å²) in [6, 6.07) is 0.110. The zero-order valence-electron chi connectivity index (χ0n) is 8.21. The molecule has 1 aliphatic rings. The van der Waals surface area contributed by atoms with Crippen molar-refractivity contribution in [1.82, 2.24) is 9.80 Å². The van der Waals surface area contributed by atoms with Crippen LogP contribution in [0.4, 0.5) is 0 Å². The summed E-state index contributed by atoms with van der Waals surface area (Å²) in [5.74, 6) is 0.277. The predicted octanol–water partition coefficient (Wildman–Crippen LogP) is 0.211. The summed E-state index contributed by atoms with van der Waals surface area (Å²) < 4.78 is 0. The van der Waals surface area contributed by atoms with Gasteiger partial charge in [0.1, 0.15) is 5.78 Å². The van der Waals surface area contributed by atoms with Crippen molar-refractivity contribution in [2.45, 2.75) is 19.9 Å². The Morgan fingerprint density at radius 2 is 1.75 bits per heavy atom. The molecule has 0 saturated carbocycles. The average molecular weight is 170 g/mol. The van der Waals surface area contributed by atoms with Crippen LogP contribution in [0.1, 0.15) is 13.8 Å². The lowest BCUT2D eigenvalue weighted by Crippen LogP contribution is -2.50. The largest absolute Gasteiger partial charge is 0.304 e. The van der Waals surface area contributed by atoms with Gasteiger partial charge < -0.3 is 4.90 Å². The van der Waals surface area contributed by atoms with Crippen LogP contribution < -0.4 is 0 Å². The van der Waals surface area contributed by atoms with Gasteiger partial charge in [0.05, 0.1) is 6.04 Å². The number of ketones is 1. The number of carbonyl (C=O) groups excluding carboxylic acids is 1. The van der Waals surface area contributed by atoms with Crippen LogP contribution in [-0.4, -0.2) is 54.9 Å². The summed E-state index contributed by atoms with van der Waals surface area (Å²) in [4.78, 5) is 15.6. The zero-order valence-corrected chi connectivity index (χ0v) is 8.21. The van der Waals surface area contributed by atoms with Crippen molar-refractivity contribution >= 4 is 5.78 Å². The van der Waals surface area contributed by atoms with E-state index in [1.54, 1.807) is 6.92 Å². The lowest BCUT2D eigenvalue weighted by molar-refractivity contribution is -0.122. The molecule has 3 nitrogen and oxygen atoms in total. The molecule has 0 amide bonds. The minimum Gasteiger partial charge on any atom is -0.304 e. The number of nitrogens with zero attached hydrogens (tertiary/aromatic N) is 2. The van der Waals surface area contributed by atoms with Gasteiger partial charge in [0, 0.05) is 26.2 Å². The second-order valence-corrected chi connectivity index (χ2v) is 3.63. The number of likely N-dealkylation sites (N-methyl/N-ethyl adjacent to an activating group) is 1. The second-order valence-electron chi connectivity index (χ2n) is 3.63. The summed E-state index contributed by atoms with van der Waals surface area (Å²) in [5, 5.41) is 0. The molecule has 1 atom stereocenters. The van der Waals surface area contributed by atoms with E-state index in [2.05, 4.69) is 16.8 Å². The maximum absolute atomic E-state index is 11.1. The van der Waals surface area contributed by atoms with Crippen LogP contribution in [0.3, 0.4) is 0 Å². The smallest absolute Gasteiger partial charge is 0.146 e. The Kier molecular flexibility index (Phi) is 3.23. The quantitative estimate of drug-likeness (QED) is 0.592. The van der Waals surface area contributed by atoms with E-state index in [9.17, 15) is 4.79 Å². The van der Waals surface area contributed by atoms with E-state index >= 15 is 0 Å². The van der Waals surface area contributed by atoms with E-state index in [-0.39, 0.29) is 11.8 Å². The van der Waals surface area contributed by atoms with Crippen molar-refractivity contribution in [3.8, 4) is 0 Å². The topological polar surface area (TPSA) is 23.6 Å². The van der Waals surface area contributed by atoms with Gasteiger partial charge in [0.25, 0.3) is 0 Å². The van der Waals surface area contributed by atoms with Crippen molar-refractivity contribution in [1.29, 1.82) is 0 Å². The highest BCUT2D eigenvalue weighted by atomic mass is 16.1. The van der Waals surface area contributed by atoms with Crippen LogP contribution in [0.5, 0.6) is 0 Å². The van der Waals surface area contributed by atoms with E-state index in [1.165, 1.54) is 0 Å². The maximum atomic E-state index is 11.1. The standard InChI is InChI=1S/C9H18N2O/c1-8(9(2)12)11-6-4-10(3)5-7-11/h8H,4-7H2,1-3H3. The molecule has 1 fully saturated rings. The first-order valence-corrected chi connectivity index (χ1v) is 4.54. The van der Waals surface area contributed by atoms with Gasteiger partial charge in [-0.3, -0.25) is 9.69 Å². The second kappa shape index (κ2) is 4.01. The molecule has 0 N–H and O–H groups in total. The van der Waals surface area contributed by atoms with E-state index in [1.807, 2.05) is 6.92 Å². The molecule has 1 heterocycles. The Hall–Kier alpha value is -0.410. The van der Waals surface area contributed by atoms with Gasteiger partial charge >= 0.3 is 0 Å². The third kappa shape index (κ3) is 2.29.